The van der Waals surface area contributed by atoms with Gasteiger partial charge in [-0.15, -0.1) is 12.4 Å². The Morgan fingerprint density at radius 2 is 2.24 bits per heavy atom. The highest BCUT2D eigenvalue weighted by atomic mass is 35.5. The summed E-state index contributed by atoms with van der Waals surface area (Å²) in [5.41, 5.74) is 0. The summed E-state index contributed by atoms with van der Waals surface area (Å²) in [5, 5.41) is 6.44. The number of rotatable bonds is 3. The first-order chi connectivity index (χ1) is 7.81. The van der Waals surface area contributed by atoms with Crippen LogP contribution in [0.1, 0.15) is 32.1 Å². The SMILES string of the molecule is Cl.O=C(CC1CCNC1)NC1CC2CCC1O2. The Balaban J connectivity index is 0.00000108. The van der Waals surface area contributed by atoms with Crippen LogP contribution in [0.5, 0.6) is 0 Å². The van der Waals surface area contributed by atoms with E-state index in [1.54, 1.807) is 0 Å². The molecule has 1 amide bonds. The first-order valence-corrected chi connectivity index (χ1v) is 6.47. The topological polar surface area (TPSA) is 50.4 Å². The number of nitrogens with one attached hydrogen (secondary N) is 2. The van der Waals surface area contributed by atoms with Crippen LogP contribution in [0.3, 0.4) is 0 Å². The van der Waals surface area contributed by atoms with Gasteiger partial charge in [0.2, 0.25) is 5.91 Å². The Labute approximate surface area is 108 Å². The molecule has 4 atom stereocenters. The van der Waals surface area contributed by atoms with Crippen LogP contribution in [0.15, 0.2) is 0 Å². The largest absolute Gasteiger partial charge is 0.373 e. The number of ether oxygens (including phenoxy) is 1. The molecule has 0 aliphatic carbocycles. The summed E-state index contributed by atoms with van der Waals surface area (Å²) >= 11 is 0. The van der Waals surface area contributed by atoms with Crippen molar-refractivity contribution in [3.05, 3.63) is 0 Å². The summed E-state index contributed by atoms with van der Waals surface area (Å²) in [6, 6.07) is 0.292. The lowest BCUT2D eigenvalue weighted by Gasteiger charge is -2.20. The quantitative estimate of drug-likeness (QED) is 0.791. The molecule has 0 radical (unpaired) electrons. The summed E-state index contributed by atoms with van der Waals surface area (Å²) < 4.78 is 5.73. The van der Waals surface area contributed by atoms with E-state index in [9.17, 15) is 4.79 Å². The van der Waals surface area contributed by atoms with Gasteiger partial charge < -0.3 is 15.4 Å². The second-order valence-electron chi connectivity index (χ2n) is 5.35. The Kier molecular flexibility index (Phi) is 4.28. The smallest absolute Gasteiger partial charge is 0.220 e. The monoisotopic (exact) mass is 260 g/mol. The van der Waals surface area contributed by atoms with Gasteiger partial charge in [0.05, 0.1) is 18.2 Å². The molecule has 3 saturated heterocycles. The number of hydrogen-bond acceptors (Lipinski definition) is 3. The Bertz CT molecular complexity index is 282. The van der Waals surface area contributed by atoms with Crippen LogP contribution in [-0.2, 0) is 9.53 Å². The van der Waals surface area contributed by atoms with Gasteiger partial charge in [-0.3, -0.25) is 4.79 Å². The molecule has 98 valence electrons. The highest BCUT2D eigenvalue weighted by Crippen LogP contribution is 2.34. The third-order valence-electron chi connectivity index (χ3n) is 4.09. The molecule has 5 heteroatoms. The molecular weight excluding hydrogens is 240 g/mol. The van der Waals surface area contributed by atoms with Gasteiger partial charge in [-0.1, -0.05) is 0 Å². The van der Waals surface area contributed by atoms with Gasteiger partial charge in [0, 0.05) is 6.42 Å². The summed E-state index contributed by atoms with van der Waals surface area (Å²) in [6.07, 6.45) is 5.88. The van der Waals surface area contributed by atoms with E-state index in [1.165, 1.54) is 6.42 Å². The van der Waals surface area contributed by atoms with Gasteiger partial charge in [0.15, 0.2) is 0 Å². The highest BCUT2D eigenvalue weighted by Gasteiger charge is 2.41. The van der Waals surface area contributed by atoms with Crippen LogP contribution >= 0.6 is 12.4 Å². The van der Waals surface area contributed by atoms with Gasteiger partial charge in [-0.2, -0.15) is 0 Å². The molecule has 3 aliphatic rings. The highest BCUT2D eigenvalue weighted by molar-refractivity contribution is 5.85. The molecule has 3 fully saturated rings. The zero-order valence-electron chi connectivity index (χ0n) is 9.98. The van der Waals surface area contributed by atoms with E-state index in [0.717, 1.165) is 32.4 Å². The minimum absolute atomic E-state index is 0. The second-order valence-corrected chi connectivity index (χ2v) is 5.35. The Morgan fingerprint density at radius 1 is 1.35 bits per heavy atom. The summed E-state index contributed by atoms with van der Waals surface area (Å²) in [7, 11) is 0. The zero-order chi connectivity index (χ0) is 11.0. The Hall–Kier alpha value is -0.320. The van der Waals surface area contributed by atoms with Gasteiger partial charge in [0.25, 0.3) is 0 Å². The number of hydrogen-bond donors (Lipinski definition) is 2. The maximum Gasteiger partial charge on any atom is 0.220 e. The molecule has 17 heavy (non-hydrogen) atoms. The third-order valence-corrected chi connectivity index (χ3v) is 4.09. The molecule has 3 rings (SSSR count). The second kappa shape index (κ2) is 5.55. The van der Waals surface area contributed by atoms with Gasteiger partial charge in [-0.05, 0) is 44.7 Å². The van der Waals surface area contributed by atoms with E-state index in [0.29, 0.717) is 30.6 Å². The first kappa shape index (κ1) is 13.1. The van der Waals surface area contributed by atoms with Crippen molar-refractivity contribution in [2.75, 3.05) is 13.1 Å². The number of amides is 1. The number of carbonyl (C=O) groups excluding carboxylic acids is 1. The predicted octanol–water partition coefficient (Wildman–Crippen LogP) is 0.844. The number of fused-ring (bicyclic) bond motifs is 2. The molecule has 0 aromatic heterocycles. The van der Waals surface area contributed by atoms with Crippen molar-refractivity contribution in [2.24, 2.45) is 5.92 Å². The molecule has 2 bridgehead atoms. The summed E-state index contributed by atoms with van der Waals surface area (Å²) in [5.74, 6) is 0.759. The fourth-order valence-electron chi connectivity index (χ4n) is 3.21. The summed E-state index contributed by atoms with van der Waals surface area (Å²) in [6.45, 7) is 2.07. The van der Waals surface area contributed by atoms with Crippen molar-refractivity contribution in [1.82, 2.24) is 10.6 Å². The average molecular weight is 261 g/mol. The molecule has 0 spiro atoms. The predicted molar refractivity (Wildman–Crippen MR) is 67.3 cm³/mol. The fourth-order valence-corrected chi connectivity index (χ4v) is 3.21. The molecule has 0 aromatic carbocycles. The van der Waals surface area contributed by atoms with Crippen LogP contribution in [-0.4, -0.2) is 37.2 Å². The van der Waals surface area contributed by atoms with Crippen molar-refractivity contribution >= 4 is 18.3 Å². The van der Waals surface area contributed by atoms with E-state index in [4.69, 9.17) is 4.74 Å². The Morgan fingerprint density at radius 3 is 2.82 bits per heavy atom. The first-order valence-electron chi connectivity index (χ1n) is 6.47. The lowest BCUT2D eigenvalue weighted by Crippen LogP contribution is -2.42. The molecule has 3 aliphatic heterocycles. The zero-order valence-corrected chi connectivity index (χ0v) is 10.8. The minimum atomic E-state index is 0. The van der Waals surface area contributed by atoms with E-state index >= 15 is 0 Å². The molecule has 4 unspecified atom stereocenters. The maximum atomic E-state index is 11.8. The fraction of sp³-hybridized carbons (Fsp3) is 0.917. The molecule has 4 nitrogen and oxygen atoms in total. The van der Waals surface area contributed by atoms with Crippen LogP contribution in [0.2, 0.25) is 0 Å². The molecular formula is C12H21ClN2O2. The molecule has 0 aromatic rings. The van der Waals surface area contributed by atoms with Crippen LogP contribution in [0.4, 0.5) is 0 Å². The van der Waals surface area contributed by atoms with Crippen molar-refractivity contribution in [3.8, 4) is 0 Å². The van der Waals surface area contributed by atoms with E-state index in [1.807, 2.05) is 0 Å². The third kappa shape index (κ3) is 2.92. The van der Waals surface area contributed by atoms with Crippen LogP contribution in [0, 0.1) is 5.92 Å². The van der Waals surface area contributed by atoms with Gasteiger partial charge in [0.1, 0.15) is 0 Å². The van der Waals surface area contributed by atoms with Crippen molar-refractivity contribution in [2.45, 2.75) is 50.4 Å². The minimum Gasteiger partial charge on any atom is -0.373 e. The van der Waals surface area contributed by atoms with Crippen molar-refractivity contribution < 1.29 is 9.53 Å². The number of carbonyl (C=O) groups is 1. The van der Waals surface area contributed by atoms with Crippen LogP contribution < -0.4 is 10.6 Å². The number of halogens is 1. The average Bonchev–Trinajstić information content (AvgIpc) is 2.92. The molecule has 0 saturated carbocycles. The van der Waals surface area contributed by atoms with Gasteiger partial charge in [-0.25, -0.2) is 0 Å². The van der Waals surface area contributed by atoms with E-state index < -0.39 is 0 Å². The lowest BCUT2D eigenvalue weighted by molar-refractivity contribution is -0.123. The lowest BCUT2D eigenvalue weighted by atomic mass is 9.95. The molecule has 3 heterocycles. The van der Waals surface area contributed by atoms with Gasteiger partial charge >= 0.3 is 0 Å². The maximum absolute atomic E-state index is 11.8. The van der Waals surface area contributed by atoms with Crippen molar-refractivity contribution in [3.63, 3.8) is 0 Å². The normalized spacial score (nSPS) is 39.1. The molecule has 2 N–H and O–H groups in total. The van der Waals surface area contributed by atoms with Crippen LogP contribution in [0.25, 0.3) is 0 Å². The van der Waals surface area contributed by atoms with E-state index in [-0.39, 0.29) is 18.3 Å². The summed E-state index contributed by atoms with van der Waals surface area (Å²) in [4.78, 5) is 11.8. The van der Waals surface area contributed by atoms with Crippen molar-refractivity contribution in [1.29, 1.82) is 0 Å². The van der Waals surface area contributed by atoms with E-state index in [2.05, 4.69) is 10.6 Å². The standard InChI is InChI=1S/C12H20N2O2.ClH/c15-12(5-8-3-4-13-7-8)14-10-6-9-1-2-11(10)16-9;/h8-11,13H,1-7H2,(H,14,15);1H.